The van der Waals surface area contributed by atoms with Gasteiger partial charge in [-0.05, 0) is 32.1 Å². The Labute approximate surface area is 217 Å². The fourth-order valence-electron chi connectivity index (χ4n) is 5.40. The van der Waals surface area contributed by atoms with Crippen LogP contribution in [-0.2, 0) is 16.4 Å². The standard InChI is InChI=1S/C25H28F3N7OS/c1-15-12-33(6-7-34(15)22(36)24(4)5-8-37-24)20-19-21(32-14-31-20)35(13-23(19,2)3)18-9-16(10-29)17(11-30-18)25(26,27)28/h9,11,14-15H,5-8,12-13H2,1-4H3/t15?,24-/m0/s1. The summed E-state index contributed by atoms with van der Waals surface area (Å²) in [4.78, 5) is 32.2. The number of aromatic nitrogens is 3. The highest BCUT2D eigenvalue weighted by molar-refractivity contribution is 8.02. The first-order valence-electron chi connectivity index (χ1n) is 12.2. The maximum atomic E-state index is 13.3. The normalized spacial score (nSPS) is 24.9. The number of carbonyl (C=O) groups excluding carboxylic acids is 1. The van der Waals surface area contributed by atoms with E-state index in [-0.39, 0.29) is 22.5 Å². The molecule has 0 aliphatic carbocycles. The Morgan fingerprint density at radius 3 is 2.49 bits per heavy atom. The molecule has 8 nitrogen and oxygen atoms in total. The number of hydrogen-bond donors (Lipinski definition) is 0. The second-order valence-corrected chi connectivity index (χ2v) is 12.3. The van der Waals surface area contributed by atoms with Crippen molar-refractivity contribution in [2.75, 3.05) is 41.7 Å². The Hall–Kier alpha value is -3.07. The topological polar surface area (TPSA) is 89.2 Å². The van der Waals surface area contributed by atoms with Crippen LogP contribution in [0.4, 0.5) is 30.6 Å². The maximum Gasteiger partial charge on any atom is 0.419 e. The second kappa shape index (κ2) is 8.75. The van der Waals surface area contributed by atoms with Crippen LogP contribution in [0.2, 0.25) is 0 Å². The summed E-state index contributed by atoms with van der Waals surface area (Å²) < 4.78 is 39.6. The molecule has 2 aromatic rings. The number of fused-ring (bicyclic) bond motifs is 1. The molecule has 2 saturated heterocycles. The molecule has 5 heterocycles. The van der Waals surface area contributed by atoms with Crippen molar-refractivity contribution in [1.29, 1.82) is 5.26 Å². The molecule has 5 rings (SSSR count). The first-order chi connectivity index (χ1) is 17.4. The van der Waals surface area contributed by atoms with E-state index in [9.17, 15) is 23.2 Å². The summed E-state index contributed by atoms with van der Waals surface area (Å²) >= 11 is 1.71. The Balaban J connectivity index is 1.45. The molecule has 3 aliphatic heterocycles. The molecule has 0 saturated carbocycles. The third kappa shape index (κ3) is 4.27. The molecule has 37 heavy (non-hydrogen) atoms. The number of thioether (sulfide) groups is 1. The number of nitrogens with zero attached hydrogens (tertiary/aromatic N) is 7. The number of anilines is 3. The predicted molar refractivity (Wildman–Crippen MR) is 135 cm³/mol. The molecule has 2 atom stereocenters. The van der Waals surface area contributed by atoms with Crippen LogP contribution < -0.4 is 9.80 Å². The lowest BCUT2D eigenvalue weighted by molar-refractivity contribution is -0.138. The van der Waals surface area contributed by atoms with Crippen LogP contribution in [0.25, 0.3) is 0 Å². The first kappa shape index (κ1) is 25.6. The number of nitriles is 1. The molecule has 2 fully saturated rings. The third-order valence-electron chi connectivity index (χ3n) is 7.53. The van der Waals surface area contributed by atoms with Crippen molar-refractivity contribution in [3.8, 4) is 6.07 Å². The lowest BCUT2D eigenvalue weighted by Gasteiger charge is -2.46. The number of halogens is 3. The van der Waals surface area contributed by atoms with Crippen molar-refractivity contribution in [3.63, 3.8) is 0 Å². The molecule has 2 aromatic heterocycles. The fourth-order valence-corrected chi connectivity index (χ4v) is 6.46. The van der Waals surface area contributed by atoms with Gasteiger partial charge in [0.2, 0.25) is 5.91 Å². The minimum atomic E-state index is -4.66. The SMILES string of the molecule is CC1CN(c2ncnc3c2C(C)(C)CN3c2cc(C#N)c(C(F)(F)F)cn2)CCN1C(=O)[C@]1(C)CCS1. The van der Waals surface area contributed by atoms with Gasteiger partial charge in [0.25, 0.3) is 0 Å². The zero-order chi connectivity index (χ0) is 26.8. The van der Waals surface area contributed by atoms with Gasteiger partial charge < -0.3 is 14.7 Å². The number of piperazine rings is 1. The van der Waals surface area contributed by atoms with Crippen LogP contribution in [0.15, 0.2) is 18.6 Å². The molecular weight excluding hydrogens is 503 g/mol. The quantitative estimate of drug-likeness (QED) is 0.585. The Kier molecular flexibility index (Phi) is 6.05. The molecule has 196 valence electrons. The van der Waals surface area contributed by atoms with Crippen molar-refractivity contribution in [2.24, 2.45) is 0 Å². The lowest BCUT2D eigenvalue weighted by atomic mass is 9.87. The van der Waals surface area contributed by atoms with E-state index in [1.54, 1.807) is 22.7 Å². The van der Waals surface area contributed by atoms with Crippen LogP contribution in [0.1, 0.15) is 50.8 Å². The van der Waals surface area contributed by atoms with Crippen molar-refractivity contribution in [1.82, 2.24) is 19.9 Å². The molecule has 0 N–H and O–H groups in total. The van der Waals surface area contributed by atoms with Gasteiger partial charge >= 0.3 is 6.18 Å². The van der Waals surface area contributed by atoms with Crippen LogP contribution in [0.5, 0.6) is 0 Å². The smallest absolute Gasteiger partial charge is 0.352 e. The Bertz CT molecular complexity index is 1290. The van der Waals surface area contributed by atoms with E-state index >= 15 is 0 Å². The van der Waals surface area contributed by atoms with Gasteiger partial charge in [0.05, 0.1) is 21.9 Å². The van der Waals surface area contributed by atoms with E-state index in [4.69, 9.17) is 0 Å². The summed E-state index contributed by atoms with van der Waals surface area (Å²) in [5.41, 5.74) is -1.10. The van der Waals surface area contributed by atoms with Gasteiger partial charge in [0.1, 0.15) is 23.8 Å². The average molecular weight is 532 g/mol. The zero-order valence-electron chi connectivity index (χ0n) is 21.1. The van der Waals surface area contributed by atoms with Gasteiger partial charge in [0, 0.05) is 49.4 Å². The lowest BCUT2D eigenvalue weighted by Crippen LogP contribution is -2.60. The van der Waals surface area contributed by atoms with E-state index in [0.29, 0.717) is 38.2 Å². The largest absolute Gasteiger partial charge is 0.419 e. The Morgan fingerprint density at radius 1 is 1.19 bits per heavy atom. The van der Waals surface area contributed by atoms with E-state index in [1.165, 1.54) is 12.4 Å². The molecule has 1 unspecified atom stereocenters. The van der Waals surface area contributed by atoms with E-state index in [1.807, 2.05) is 32.6 Å². The molecule has 12 heteroatoms. The van der Waals surface area contributed by atoms with Crippen LogP contribution in [0.3, 0.4) is 0 Å². The molecule has 0 spiro atoms. The number of carbonyl (C=O) groups is 1. The van der Waals surface area contributed by atoms with E-state index in [2.05, 4.69) is 19.9 Å². The second-order valence-electron chi connectivity index (χ2n) is 10.7. The molecule has 3 aliphatic rings. The number of hydrogen-bond acceptors (Lipinski definition) is 8. The summed E-state index contributed by atoms with van der Waals surface area (Å²) in [6.45, 7) is 10.4. The van der Waals surface area contributed by atoms with Crippen molar-refractivity contribution >= 4 is 35.1 Å². The summed E-state index contributed by atoms with van der Waals surface area (Å²) in [6, 6.07) is 2.82. The number of rotatable bonds is 3. The average Bonchev–Trinajstić information content (AvgIpc) is 3.12. The molecular formula is C25H28F3N7OS. The van der Waals surface area contributed by atoms with E-state index < -0.39 is 22.7 Å². The first-order valence-corrected chi connectivity index (χ1v) is 13.1. The minimum Gasteiger partial charge on any atom is -0.352 e. The number of amides is 1. The van der Waals surface area contributed by atoms with Gasteiger partial charge in [-0.3, -0.25) is 4.79 Å². The van der Waals surface area contributed by atoms with Gasteiger partial charge in [0.15, 0.2) is 0 Å². The number of alkyl halides is 3. The molecule has 0 radical (unpaired) electrons. The Morgan fingerprint density at radius 2 is 1.89 bits per heavy atom. The predicted octanol–water partition coefficient (Wildman–Crippen LogP) is 4.12. The minimum absolute atomic E-state index is 0.000255. The van der Waals surface area contributed by atoms with Gasteiger partial charge in [-0.1, -0.05) is 13.8 Å². The van der Waals surface area contributed by atoms with E-state index in [0.717, 1.165) is 23.6 Å². The van der Waals surface area contributed by atoms with Gasteiger partial charge in [-0.2, -0.15) is 18.4 Å². The van der Waals surface area contributed by atoms with Crippen molar-refractivity contribution in [2.45, 2.75) is 56.5 Å². The van der Waals surface area contributed by atoms with Crippen molar-refractivity contribution in [3.05, 3.63) is 35.3 Å². The van der Waals surface area contributed by atoms with Crippen LogP contribution in [0, 0.1) is 11.3 Å². The summed E-state index contributed by atoms with van der Waals surface area (Å²) in [7, 11) is 0. The fraction of sp³-hybridized carbons (Fsp3) is 0.560. The third-order valence-corrected chi connectivity index (χ3v) is 8.95. The maximum absolute atomic E-state index is 13.3. The summed E-state index contributed by atoms with van der Waals surface area (Å²) in [6.07, 6.45) is -1.60. The van der Waals surface area contributed by atoms with Crippen molar-refractivity contribution < 1.29 is 18.0 Å². The van der Waals surface area contributed by atoms with Crippen LogP contribution in [-0.4, -0.2) is 68.5 Å². The molecule has 1 amide bonds. The number of pyridine rings is 1. The summed E-state index contributed by atoms with van der Waals surface area (Å²) in [5.74, 6) is 2.76. The van der Waals surface area contributed by atoms with Gasteiger partial charge in [-0.25, -0.2) is 15.0 Å². The highest BCUT2D eigenvalue weighted by Crippen LogP contribution is 2.47. The monoisotopic (exact) mass is 531 g/mol. The summed E-state index contributed by atoms with van der Waals surface area (Å²) in [5, 5.41) is 9.36. The van der Waals surface area contributed by atoms with Gasteiger partial charge in [-0.15, -0.1) is 11.8 Å². The van der Waals surface area contributed by atoms with Crippen LogP contribution >= 0.6 is 11.8 Å². The zero-order valence-corrected chi connectivity index (χ0v) is 21.9. The highest BCUT2D eigenvalue weighted by Gasteiger charge is 2.46. The molecule has 0 bridgehead atoms. The molecule has 0 aromatic carbocycles. The highest BCUT2D eigenvalue weighted by atomic mass is 32.2.